The molecule has 0 saturated heterocycles. The van der Waals surface area contributed by atoms with E-state index >= 15 is 0 Å². The zero-order valence-corrected chi connectivity index (χ0v) is 17.2. The van der Waals surface area contributed by atoms with Crippen LogP contribution in [0.15, 0.2) is 60.9 Å². The van der Waals surface area contributed by atoms with E-state index in [2.05, 4.69) is 25.9 Å². The average molecular weight is 435 g/mol. The van der Waals surface area contributed by atoms with Crippen LogP contribution in [0, 0.1) is 0 Å². The lowest BCUT2D eigenvalue weighted by molar-refractivity contribution is 0.0944. The van der Waals surface area contributed by atoms with Crippen molar-refractivity contribution >= 4 is 23.6 Å². The van der Waals surface area contributed by atoms with Crippen LogP contribution in [-0.4, -0.2) is 40.1 Å². The Morgan fingerprint density at radius 2 is 1.50 bits per heavy atom. The first-order chi connectivity index (χ1) is 15.4. The van der Waals surface area contributed by atoms with Crippen molar-refractivity contribution in [3.05, 3.63) is 83.4 Å². The molecule has 0 aliphatic rings. The molecular formula is C22H21N5O5. The molecule has 0 saturated carbocycles. The molecule has 0 aliphatic heterocycles. The van der Waals surface area contributed by atoms with Crippen molar-refractivity contribution in [2.24, 2.45) is 0 Å². The number of methoxy groups -OCH3 is 1. The fourth-order valence-electron chi connectivity index (χ4n) is 2.76. The molecule has 0 spiro atoms. The Morgan fingerprint density at radius 1 is 0.875 bits per heavy atom. The van der Waals surface area contributed by atoms with E-state index in [9.17, 15) is 14.4 Å². The van der Waals surface area contributed by atoms with E-state index in [1.807, 2.05) is 24.3 Å². The number of ether oxygens (including phenoxy) is 1. The second kappa shape index (κ2) is 10.5. The molecule has 3 amide bonds. The summed E-state index contributed by atoms with van der Waals surface area (Å²) in [7, 11) is 1.57. The number of hydrogen-bond acceptors (Lipinski definition) is 6. The molecule has 3 aromatic rings. The Kier molecular flexibility index (Phi) is 7.31. The smallest absolute Gasteiger partial charge is 0.409 e. The van der Waals surface area contributed by atoms with E-state index in [4.69, 9.17) is 9.84 Å². The number of amides is 3. The SMILES string of the molecule is COc1cccc(CNC(=O)c2cc(C(=O)NCc3ccc(NC(=O)O)cc3)ncn2)c1. The summed E-state index contributed by atoms with van der Waals surface area (Å²) < 4.78 is 5.16. The molecule has 0 unspecified atom stereocenters. The predicted octanol–water partition coefficient (Wildman–Crippen LogP) is 2.44. The van der Waals surface area contributed by atoms with Crippen molar-refractivity contribution in [3.63, 3.8) is 0 Å². The summed E-state index contributed by atoms with van der Waals surface area (Å²) in [6, 6.07) is 15.2. The molecule has 1 aromatic heterocycles. The van der Waals surface area contributed by atoms with Gasteiger partial charge in [-0.2, -0.15) is 0 Å². The van der Waals surface area contributed by atoms with Gasteiger partial charge in [0, 0.05) is 24.8 Å². The number of aromatic nitrogens is 2. The molecule has 2 aromatic carbocycles. The standard InChI is InChI=1S/C22H21N5O5/c1-32-17-4-2-3-15(9-17)12-24-21(29)19-10-18(25-13-26-19)20(28)23-11-14-5-7-16(8-6-14)27-22(30)31/h2-10,13,27H,11-12H2,1H3,(H,23,28)(H,24,29)(H,30,31). The molecule has 3 rings (SSSR count). The quantitative estimate of drug-likeness (QED) is 0.426. The summed E-state index contributed by atoms with van der Waals surface area (Å²) in [5, 5.41) is 16.4. The third-order valence-electron chi connectivity index (χ3n) is 4.38. The fourth-order valence-corrected chi connectivity index (χ4v) is 2.76. The summed E-state index contributed by atoms with van der Waals surface area (Å²) >= 11 is 0. The number of anilines is 1. The van der Waals surface area contributed by atoms with E-state index < -0.39 is 17.9 Å². The van der Waals surface area contributed by atoms with Crippen LogP contribution in [0.4, 0.5) is 10.5 Å². The highest BCUT2D eigenvalue weighted by atomic mass is 16.5. The molecule has 164 valence electrons. The summed E-state index contributed by atoms with van der Waals surface area (Å²) in [6.07, 6.45) is 0.0000101. The topological polar surface area (TPSA) is 143 Å². The van der Waals surface area contributed by atoms with E-state index in [0.29, 0.717) is 11.4 Å². The second-order valence-electron chi connectivity index (χ2n) is 6.63. The minimum absolute atomic E-state index is 0.0516. The van der Waals surface area contributed by atoms with Crippen LogP contribution in [0.3, 0.4) is 0 Å². The Labute approximate surface area is 183 Å². The number of carboxylic acid groups (broad SMARTS) is 1. The van der Waals surface area contributed by atoms with Gasteiger partial charge in [-0.1, -0.05) is 24.3 Å². The van der Waals surface area contributed by atoms with Gasteiger partial charge in [0.15, 0.2) is 0 Å². The maximum absolute atomic E-state index is 12.4. The highest BCUT2D eigenvalue weighted by molar-refractivity contribution is 5.97. The molecule has 10 heteroatoms. The lowest BCUT2D eigenvalue weighted by Crippen LogP contribution is -2.27. The Bertz CT molecular complexity index is 1120. The minimum Gasteiger partial charge on any atom is -0.497 e. The zero-order valence-electron chi connectivity index (χ0n) is 17.2. The van der Waals surface area contributed by atoms with Crippen LogP contribution in [0.5, 0.6) is 5.75 Å². The van der Waals surface area contributed by atoms with Crippen molar-refractivity contribution in [2.45, 2.75) is 13.1 Å². The molecule has 1 heterocycles. The monoisotopic (exact) mass is 435 g/mol. The average Bonchev–Trinajstić information content (AvgIpc) is 2.81. The summed E-state index contributed by atoms with van der Waals surface area (Å²) in [5.74, 6) is -0.224. The fraction of sp³-hybridized carbons (Fsp3) is 0.136. The second-order valence-corrected chi connectivity index (χ2v) is 6.63. The summed E-state index contributed by atoms with van der Waals surface area (Å²) in [4.78, 5) is 43.3. The van der Waals surface area contributed by atoms with Gasteiger partial charge >= 0.3 is 6.09 Å². The van der Waals surface area contributed by atoms with Gasteiger partial charge < -0.3 is 20.5 Å². The van der Waals surface area contributed by atoms with Crippen molar-refractivity contribution in [3.8, 4) is 5.75 Å². The minimum atomic E-state index is -1.15. The number of rotatable bonds is 8. The Hall–Kier alpha value is -4.47. The Morgan fingerprint density at radius 3 is 2.09 bits per heavy atom. The van der Waals surface area contributed by atoms with Crippen LogP contribution < -0.4 is 20.7 Å². The first-order valence-electron chi connectivity index (χ1n) is 9.55. The van der Waals surface area contributed by atoms with E-state index in [1.165, 1.54) is 6.07 Å². The molecular weight excluding hydrogens is 414 g/mol. The molecule has 32 heavy (non-hydrogen) atoms. The van der Waals surface area contributed by atoms with Gasteiger partial charge in [0.05, 0.1) is 7.11 Å². The Balaban J connectivity index is 1.56. The van der Waals surface area contributed by atoms with Crippen molar-refractivity contribution in [1.29, 1.82) is 0 Å². The molecule has 4 N–H and O–H groups in total. The summed E-state index contributed by atoms with van der Waals surface area (Å²) in [5.41, 5.74) is 2.16. The number of nitrogens with one attached hydrogen (secondary N) is 3. The van der Waals surface area contributed by atoms with Crippen LogP contribution in [0.1, 0.15) is 32.1 Å². The van der Waals surface area contributed by atoms with Gasteiger partial charge in [0.1, 0.15) is 23.5 Å². The highest BCUT2D eigenvalue weighted by Crippen LogP contribution is 2.12. The van der Waals surface area contributed by atoms with Crippen LogP contribution >= 0.6 is 0 Å². The lowest BCUT2D eigenvalue weighted by atomic mass is 10.2. The first kappa shape index (κ1) is 22.2. The van der Waals surface area contributed by atoms with Crippen molar-refractivity contribution in [2.75, 3.05) is 12.4 Å². The van der Waals surface area contributed by atoms with Crippen molar-refractivity contribution < 1.29 is 24.2 Å². The predicted molar refractivity (Wildman–Crippen MR) is 115 cm³/mol. The first-order valence-corrected chi connectivity index (χ1v) is 9.55. The highest BCUT2D eigenvalue weighted by Gasteiger charge is 2.13. The largest absolute Gasteiger partial charge is 0.497 e. The molecule has 0 aliphatic carbocycles. The van der Waals surface area contributed by atoms with Crippen LogP contribution in [-0.2, 0) is 13.1 Å². The zero-order chi connectivity index (χ0) is 22.9. The van der Waals surface area contributed by atoms with Gasteiger partial charge in [-0.05, 0) is 35.4 Å². The molecule has 10 nitrogen and oxygen atoms in total. The van der Waals surface area contributed by atoms with Crippen molar-refractivity contribution in [1.82, 2.24) is 20.6 Å². The number of carbonyl (C=O) groups excluding carboxylic acids is 2. The summed E-state index contributed by atoms with van der Waals surface area (Å²) in [6.45, 7) is 0.474. The number of benzene rings is 2. The molecule has 0 radical (unpaired) electrons. The molecule has 0 fully saturated rings. The van der Waals surface area contributed by atoms with Gasteiger partial charge in [-0.15, -0.1) is 0 Å². The van der Waals surface area contributed by atoms with Gasteiger partial charge in [-0.3, -0.25) is 14.9 Å². The third-order valence-corrected chi connectivity index (χ3v) is 4.38. The molecule has 0 bridgehead atoms. The number of carbonyl (C=O) groups is 3. The number of hydrogen-bond donors (Lipinski definition) is 4. The van der Waals surface area contributed by atoms with Gasteiger partial charge in [-0.25, -0.2) is 14.8 Å². The van der Waals surface area contributed by atoms with E-state index in [-0.39, 0.29) is 24.5 Å². The maximum Gasteiger partial charge on any atom is 0.409 e. The van der Waals surface area contributed by atoms with Gasteiger partial charge in [0.25, 0.3) is 11.8 Å². The van der Waals surface area contributed by atoms with Gasteiger partial charge in [0.2, 0.25) is 0 Å². The van der Waals surface area contributed by atoms with E-state index in [1.54, 1.807) is 31.4 Å². The van der Waals surface area contributed by atoms with E-state index in [0.717, 1.165) is 17.5 Å². The lowest BCUT2D eigenvalue weighted by Gasteiger charge is -2.08. The normalized spacial score (nSPS) is 10.2. The van der Waals surface area contributed by atoms with Crippen LogP contribution in [0.2, 0.25) is 0 Å². The molecule has 0 atom stereocenters. The number of nitrogens with zero attached hydrogens (tertiary/aromatic N) is 2. The van der Waals surface area contributed by atoms with Crippen LogP contribution in [0.25, 0.3) is 0 Å². The maximum atomic E-state index is 12.4. The third kappa shape index (κ3) is 6.26.